The van der Waals surface area contributed by atoms with Gasteiger partial charge in [0.15, 0.2) is 0 Å². The molecule has 0 unspecified atom stereocenters. The highest BCUT2D eigenvalue weighted by Crippen LogP contribution is 2.11. The molecule has 0 aromatic heterocycles. The summed E-state index contributed by atoms with van der Waals surface area (Å²) in [5, 5.41) is 0.679. The molecule has 0 aliphatic rings. The van der Waals surface area contributed by atoms with E-state index in [4.69, 9.17) is 16.3 Å². The molecule has 114 valence electrons. The molecule has 0 bridgehead atoms. The van der Waals surface area contributed by atoms with Crippen molar-refractivity contribution in [3.05, 3.63) is 71.3 Å². The zero-order valence-electron chi connectivity index (χ0n) is 12.4. The average Bonchev–Trinajstić information content (AvgIpc) is 2.55. The first kappa shape index (κ1) is 16.1. The summed E-state index contributed by atoms with van der Waals surface area (Å²) in [7, 11) is 1.75. The molecule has 0 aliphatic carbocycles. The lowest BCUT2D eigenvalue weighted by atomic mass is 10.2. The monoisotopic (exact) mass is 315 g/mol. The van der Waals surface area contributed by atoms with Crippen molar-refractivity contribution in [2.45, 2.75) is 0 Å². The topological polar surface area (TPSA) is 29.5 Å². The lowest BCUT2D eigenvalue weighted by molar-refractivity contribution is -0.125. The van der Waals surface area contributed by atoms with Crippen LogP contribution in [0.5, 0.6) is 5.75 Å². The molecule has 0 aliphatic heterocycles. The highest BCUT2D eigenvalue weighted by atomic mass is 35.5. The van der Waals surface area contributed by atoms with Gasteiger partial charge in [0.05, 0.1) is 6.54 Å². The average molecular weight is 316 g/mol. The van der Waals surface area contributed by atoms with E-state index in [0.717, 1.165) is 11.3 Å². The fourth-order valence-corrected chi connectivity index (χ4v) is 1.92. The van der Waals surface area contributed by atoms with E-state index in [1.807, 2.05) is 42.5 Å². The number of ether oxygens (including phenoxy) is 1. The van der Waals surface area contributed by atoms with Crippen LogP contribution >= 0.6 is 11.6 Å². The van der Waals surface area contributed by atoms with Gasteiger partial charge in [0.2, 0.25) is 5.91 Å². The number of hydrogen-bond donors (Lipinski definition) is 0. The van der Waals surface area contributed by atoms with Gasteiger partial charge in [-0.1, -0.05) is 41.9 Å². The van der Waals surface area contributed by atoms with Crippen LogP contribution in [0.4, 0.5) is 0 Å². The van der Waals surface area contributed by atoms with Crippen LogP contribution in [0, 0.1) is 0 Å². The molecule has 0 N–H and O–H groups in total. The van der Waals surface area contributed by atoms with Crippen LogP contribution in [0.15, 0.2) is 60.7 Å². The van der Waals surface area contributed by atoms with Gasteiger partial charge in [-0.05, 0) is 35.9 Å². The molecule has 0 saturated heterocycles. The smallest absolute Gasteiger partial charge is 0.246 e. The first-order valence-electron chi connectivity index (χ1n) is 7.02. The number of carbonyl (C=O) groups is 1. The second kappa shape index (κ2) is 8.25. The lowest BCUT2D eigenvalue weighted by Gasteiger charge is -2.15. The molecule has 4 heteroatoms. The second-order valence-electron chi connectivity index (χ2n) is 4.81. The number of benzene rings is 2. The van der Waals surface area contributed by atoms with Crippen LogP contribution in [0.2, 0.25) is 5.02 Å². The van der Waals surface area contributed by atoms with Gasteiger partial charge in [-0.25, -0.2) is 0 Å². The Morgan fingerprint density at radius 1 is 1.14 bits per heavy atom. The predicted molar refractivity (Wildman–Crippen MR) is 90.1 cm³/mol. The van der Waals surface area contributed by atoms with Crippen molar-refractivity contribution >= 4 is 23.6 Å². The molecule has 0 fully saturated rings. The minimum absolute atomic E-state index is 0.0633. The van der Waals surface area contributed by atoms with Crippen molar-refractivity contribution < 1.29 is 9.53 Å². The standard InChI is InChI=1S/C18H18ClNO2/c1-20(13-14-22-17-5-3-2-4-6-17)18(21)12-9-15-7-10-16(19)11-8-15/h2-12H,13-14H2,1H3/b12-9+. The van der Waals surface area contributed by atoms with Gasteiger partial charge < -0.3 is 9.64 Å². The van der Waals surface area contributed by atoms with E-state index in [9.17, 15) is 4.79 Å². The molecular formula is C18H18ClNO2. The minimum Gasteiger partial charge on any atom is -0.492 e. The van der Waals surface area contributed by atoms with E-state index < -0.39 is 0 Å². The Morgan fingerprint density at radius 3 is 2.50 bits per heavy atom. The van der Waals surface area contributed by atoms with E-state index in [0.29, 0.717) is 18.2 Å². The largest absolute Gasteiger partial charge is 0.492 e. The Hall–Kier alpha value is -2.26. The maximum Gasteiger partial charge on any atom is 0.246 e. The third-order valence-electron chi connectivity index (χ3n) is 3.10. The lowest BCUT2D eigenvalue weighted by Crippen LogP contribution is -2.29. The molecule has 0 heterocycles. The molecule has 2 rings (SSSR count). The summed E-state index contributed by atoms with van der Waals surface area (Å²) in [6, 6.07) is 16.9. The van der Waals surface area contributed by atoms with Crippen molar-refractivity contribution in [1.82, 2.24) is 4.90 Å². The van der Waals surface area contributed by atoms with Crippen LogP contribution in [0.3, 0.4) is 0 Å². The van der Waals surface area contributed by atoms with E-state index in [-0.39, 0.29) is 5.91 Å². The second-order valence-corrected chi connectivity index (χ2v) is 5.24. The third kappa shape index (κ3) is 5.26. The van der Waals surface area contributed by atoms with Crippen LogP contribution < -0.4 is 4.74 Å². The number of rotatable bonds is 6. The molecule has 2 aromatic rings. The Bertz CT molecular complexity index is 623. The third-order valence-corrected chi connectivity index (χ3v) is 3.36. The normalized spacial score (nSPS) is 10.6. The van der Waals surface area contributed by atoms with Crippen LogP contribution in [-0.2, 0) is 4.79 Å². The Labute approximate surface area is 135 Å². The van der Waals surface area contributed by atoms with Gasteiger partial charge in [-0.2, -0.15) is 0 Å². The summed E-state index contributed by atoms with van der Waals surface area (Å²) in [4.78, 5) is 13.6. The van der Waals surface area contributed by atoms with Crippen molar-refractivity contribution in [1.29, 1.82) is 0 Å². The van der Waals surface area contributed by atoms with Crippen molar-refractivity contribution in [3.8, 4) is 5.75 Å². The molecule has 3 nitrogen and oxygen atoms in total. The van der Waals surface area contributed by atoms with Crippen molar-refractivity contribution in [3.63, 3.8) is 0 Å². The van der Waals surface area contributed by atoms with E-state index in [1.54, 1.807) is 36.2 Å². The summed E-state index contributed by atoms with van der Waals surface area (Å²) in [6.07, 6.45) is 3.32. The number of para-hydroxylation sites is 1. The fourth-order valence-electron chi connectivity index (χ4n) is 1.80. The molecule has 22 heavy (non-hydrogen) atoms. The molecular weight excluding hydrogens is 298 g/mol. The molecule has 1 amide bonds. The predicted octanol–water partition coefficient (Wildman–Crippen LogP) is 3.89. The van der Waals surface area contributed by atoms with Crippen LogP contribution in [0.1, 0.15) is 5.56 Å². The molecule has 0 saturated carbocycles. The minimum atomic E-state index is -0.0633. The number of halogens is 1. The van der Waals surface area contributed by atoms with Crippen LogP contribution in [-0.4, -0.2) is 31.0 Å². The summed E-state index contributed by atoms with van der Waals surface area (Å²) >= 11 is 5.82. The molecule has 0 spiro atoms. The highest BCUT2D eigenvalue weighted by molar-refractivity contribution is 6.30. The van der Waals surface area contributed by atoms with Gasteiger partial charge in [0.25, 0.3) is 0 Å². The summed E-state index contributed by atoms with van der Waals surface area (Å²) < 4.78 is 5.57. The first-order chi connectivity index (χ1) is 10.6. The fraction of sp³-hybridized carbons (Fsp3) is 0.167. The summed E-state index contributed by atoms with van der Waals surface area (Å²) in [5.41, 5.74) is 0.937. The molecule has 0 atom stereocenters. The Morgan fingerprint density at radius 2 is 1.82 bits per heavy atom. The SMILES string of the molecule is CN(CCOc1ccccc1)C(=O)/C=C/c1ccc(Cl)cc1. The summed E-state index contributed by atoms with van der Waals surface area (Å²) in [5.74, 6) is 0.742. The molecule has 2 aromatic carbocycles. The Balaban J connectivity index is 1.78. The van der Waals surface area contributed by atoms with Gasteiger partial charge in [-0.15, -0.1) is 0 Å². The van der Waals surface area contributed by atoms with Crippen LogP contribution in [0.25, 0.3) is 6.08 Å². The summed E-state index contributed by atoms with van der Waals surface area (Å²) in [6.45, 7) is 0.986. The quantitative estimate of drug-likeness (QED) is 0.757. The number of likely N-dealkylation sites (N-methyl/N-ethyl adjacent to an activating group) is 1. The van der Waals surface area contributed by atoms with Crippen molar-refractivity contribution in [2.75, 3.05) is 20.2 Å². The maximum absolute atomic E-state index is 12.0. The number of hydrogen-bond acceptors (Lipinski definition) is 2. The van der Waals surface area contributed by atoms with Gasteiger partial charge >= 0.3 is 0 Å². The van der Waals surface area contributed by atoms with Crippen molar-refractivity contribution in [2.24, 2.45) is 0 Å². The molecule has 0 radical (unpaired) electrons. The van der Waals surface area contributed by atoms with E-state index in [2.05, 4.69) is 0 Å². The van der Waals surface area contributed by atoms with E-state index in [1.165, 1.54) is 0 Å². The maximum atomic E-state index is 12.0. The van der Waals surface area contributed by atoms with Gasteiger partial charge in [-0.3, -0.25) is 4.79 Å². The van der Waals surface area contributed by atoms with E-state index >= 15 is 0 Å². The van der Waals surface area contributed by atoms with Gasteiger partial charge in [0.1, 0.15) is 12.4 Å². The highest BCUT2D eigenvalue weighted by Gasteiger charge is 2.04. The number of carbonyl (C=O) groups excluding carboxylic acids is 1. The number of nitrogens with zero attached hydrogens (tertiary/aromatic N) is 1. The zero-order chi connectivity index (χ0) is 15.8. The first-order valence-corrected chi connectivity index (χ1v) is 7.39. The Kier molecular flexibility index (Phi) is 6.04. The van der Waals surface area contributed by atoms with Gasteiger partial charge in [0, 0.05) is 18.1 Å². The zero-order valence-corrected chi connectivity index (χ0v) is 13.2. The number of amides is 1.